The molecule has 0 atom stereocenters. The lowest BCUT2D eigenvalue weighted by Crippen LogP contribution is -2.30. The molecule has 0 saturated heterocycles. The van der Waals surface area contributed by atoms with Crippen LogP contribution in [0.4, 0.5) is 11.4 Å². The Morgan fingerprint density at radius 1 is 1.06 bits per heavy atom. The van der Waals surface area contributed by atoms with Crippen molar-refractivity contribution < 1.29 is 18.3 Å². The Balaban J connectivity index is 2.25. The second-order valence-electron chi connectivity index (χ2n) is 9.09. The number of halogens is 2. The van der Waals surface area contributed by atoms with Crippen LogP contribution in [0.3, 0.4) is 0 Å². The fourth-order valence-corrected chi connectivity index (χ4v) is 5.69. The Hall–Kier alpha value is -2.61. The molecule has 0 saturated carbocycles. The number of benzene rings is 3. The molecule has 0 amide bonds. The highest BCUT2D eigenvalue weighted by atomic mass is 35.5. The summed E-state index contributed by atoms with van der Waals surface area (Å²) in [6, 6.07) is 12.2. The lowest BCUT2D eigenvalue weighted by atomic mass is 9.90. The summed E-state index contributed by atoms with van der Waals surface area (Å²) in [4.78, 5) is 3.45. The first kappa shape index (κ1) is 24.5. The molecule has 0 aliphatic rings. The predicted molar refractivity (Wildman–Crippen MR) is 141 cm³/mol. The van der Waals surface area contributed by atoms with Gasteiger partial charge in [-0.1, -0.05) is 56.1 Å². The van der Waals surface area contributed by atoms with Crippen molar-refractivity contribution >= 4 is 66.3 Å². The number of ether oxygens (including phenoxy) is 1. The predicted octanol–water partition coefficient (Wildman–Crippen LogP) is 7.13. The SMILES string of the molecule is CCS(=O)(=O)N(c1cc(Cl)c(O)cc1Cl)c1c(C(C)(C)C)[nH]c2ccc3ccc(OC)cc3c12. The molecule has 180 valence electrons. The molecule has 6 nitrogen and oxygen atoms in total. The molecule has 1 aromatic heterocycles. The van der Waals surface area contributed by atoms with Gasteiger partial charge in [0, 0.05) is 28.1 Å². The minimum Gasteiger partial charge on any atom is -0.506 e. The van der Waals surface area contributed by atoms with E-state index in [0.29, 0.717) is 11.4 Å². The van der Waals surface area contributed by atoms with Crippen molar-refractivity contribution in [2.45, 2.75) is 33.1 Å². The number of hydrogen-bond donors (Lipinski definition) is 2. The largest absolute Gasteiger partial charge is 0.506 e. The van der Waals surface area contributed by atoms with E-state index in [2.05, 4.69) is 4.98 Å². The van der Waals surface area contributed by atoms with Crippen LogP contribution in [0.2, 0.25) is 10.0 Å². The lowest BCUT2D eigenvalue weighted by Gasteiger charge is -2.29. The number of aromatic hydroxyl groups is 1. The van der Waals surface area contributed by atoms with Crippen molar-refractivity contribution in [3.63, 3.8) is 0 Å². The molecule has 4 rings (SSSR count). The molecule has 0 aliphatic carbocycles. The maximum atomic E-state index is 13.7. The van der Waals surface area contributed by atoms with Gasteiger partial charge in [0.25, 0.3) is 0 Å². The molecule has 2 N–H and O–H groups in total. The maximum absolute atomic E-state index is 13.7. The molecule has 3 aromatic carbocycles. The van der Waals surface area contributed by atoms with E-state index >= 15 is 0 Å². The highest BCUT2D eigenvalue weighted by Gasteiger charge is 2.34. The number of nitrogens with zero attached hydrogens (tertiary/aromatic N) is 1. The van der Waals surface area contributed by atoms with Crippen molar-refractivity contribution in [2.75, 3.05) is 17.2 Å². The number of aromatic nitrogens is 1. The number of phenolic OH excluding ortho intramolecular Hbond substituents is 1. The minimum absolute atomic E-state index is 0.000574. The molecular formula is C25H26Cl2N2O4S. The first-order valence-electron chi connectivity index (χ1n) is 10.7. The average molecular weight is 521 g/mol. The number of hydrogen-bond acceptors (Lipinski definition) is 4. The highest BCUT2D eigenvalue weighted by Crippen LogP contribution is 2.48. The van der Waals surface area contributed by atoms with Gasteiger partial charge in [-0.2, -0.15) is 0 Å². The highest BCUT2D eigenvalue weighted by molar-refractivity contribution is 7.93. The van der Waals surface area contributed by atoms with E-state index in [1.54, 1.807) is 14.0 Å². The number of aromatic amines is 1. The summed E-state index contributed by atoms with van der Waals surface area (Å²) in [6.45, 7) is 7.59. The topological polar surface area (TPSA) is 82.6 Å². The Morgan fingerprint density at radius 3 is 2.35 bits per heavy atom. The number of sulfonamides is 1. The monoisotopic (exact) mass is 520 g/mol. The number of H-pyrrole nitrogens is 1. The van der Waals surface area contributed by atoms with Gasteiger partial charge >= 0.3 is 0 Å². The van der Waals surface area contributed by atoms with Crippen molar-refractivity contribution in [1.29, 1.82) is 0 Å². The lowest BCUT2D eigenvalue weighted by molar-refractivity contribution is 0.415. The molecule has 0 unspecified atom stereocenters. The van der Waals surface area contributed by atoms with E-state index in [0.717, 1.165) is 27.4 Å². The fraction of sp³-hybridized carbons (Fsp3) is 0.280. The third kappa shape index (κ3) is 4.06. The van der Waals surface area contributed by atoms with Gasteiger partial charge in [-0.3, -0.25) is 0 Å². The summed E-state index contributed by atoms with van der Waals surface area (Å²) in [6.07, 6.45) is 0. The number of methoxy groups -OCH3 is 1. The van der Waals surface area contributed by atoms with E-state index in [9.17, 15) is 13.5 Å². The molecule has 0 radical (unpaired) electrons. The van der Waals surface area contributed by atoms with Gasteiger partial charge < -0.3 is 14.8 Å². The van der Waals surface area contributed by atoms with Gasteiger partial charge in [-0.15, -0.1) is 0 Å². The first-order chi connectivity index (χ1) is 15.9. The van der Waals surface area contributed by atoms with Crippen LogP contribution in [0.15, 0.2) is 42.5 Å². The number of fused-ring (bicyclic) bond motifs is 3. The molecule has 0 bridgehead atoms. The standard InChI is InChI=1S/C25H26Cl2N2O4S/c1-6-34(31,32)29(20-12-18(27)21(30)13-17(20)26)23-22-16-11-15(33-5)9-7-14(16)8-10-19(22)28-24(23)25(2,3)4/h7-13,28,30H,6H2,1-5H3. The van der Waals surface area contributed by atoms with E-state index in [1.165, 1.54) is 16.4 Å². The van der Waals surface area contributed by atoms with Gasteiger partial charge in [0.2, 0.25) is 10.0 Å². The zero-order chi connectivity index (χ0) is 25.0. The molecule has 9 heteroatoms. The molecule has 0 aliphatic heterocycles. The van der Waals surface area contributed by atoms with Gasteiger partial charge in [0.1, 0.15) is 11.5 Å². The Morgan fingerprint density at radius 2 is 1.74 bits per heavy atom. The molecule has 1 heterocycles. The average Bonchev–Trinajstić information content (AvgIpc) is 3.17. The van der Waals surface area contributed by atoms with Crippen LogP contribution in [0.5, 0.6) is 11.5 Å². The third-order valence-electron chi connectivity index (χ3n) is 5.79. The number of phenols is 1. The van der Waals surface area contributed by atoms with Gasteiger partial charge in [-0.05, 0) is 42.0 Å². The summed E-state index contributed by atoms with van der Waals surface area (Å²) in [5.74, 6) is 0.251. The maximum Gasteiger partial charge on any atom is 0.239 e. The minimum atomic E-state index is -3.89. The van der Waals surface area contributed by atoms with Crippen LogP contribution >= 0.6 is 23.2 Å². The second kappa shape index (κ2) is 8.56. The number of rotatable bonds is 5. The van der Waals surface area contributed by atoms with Crippen LogP contribution in [0.1, 0.15) is 33.4 Å². The van der Waals surface area contributed by atoms with E-state index < -0.39 is 15.4 Å². The van der Waals surface area contributed by atoms with Crippen molar-refractivity contribution in [3.8, 4) is 11.5 Å². The summed E-state index contributed by atoms with van der Waals surface area (Å²) in [5.41, 5.74) is 1.67. The van der Waals surface area contributed by atoms with Crippen LogP contribution in [-0.4, -0.2) is 31.4 Å². The molecule has 0 fully saturated rings. The van der Waals surface area contributed by atoms with Crippen LogP contribution in [0, 0.1) is 0 Å². The van der Waals surface area contributed by atoms with E-state index in [4.69, 9.17) is 27.9 Å². The van der Waals surface area contributed by atoms with E-state index in [1.807, 2.05) is 51.1 Å². The molecule has 4 aromatic rings. The Labute approximate surface area is 209 Å². The second-order valence-corrected chi connectivity index (χ2v) is 12.0. The van der Waals surface area contributed by atoms with Crippen molar-refractivity contribution in [3.05, 3.63) is 58.2 Å². The van der Waals surface area contributed by atoms with Gasteiger partial charge in [0.05, 0.1) is 34.3 Å². The van der Waals surface area contributed by atoms with Gasteiger partial charge in [0.15, 0.2) is 0 Å². The quantitative estimate of drug-likeness (QED) is 0.293. The zero-order valence-corrected chi connectivity index (χ0v) is 21.9. The summed E-state index contributed by atoms with van der Waals surface area (Å²) < 4.78 is 34.0. The summed E-state index contributed by atoms with van der Waals surface area (Å²) in [5, 5.41) is 12.6. The zero-order valence-electron chi connectivity index (χ0n) is 19.5. The van der Waals surface area contributed by atoms with Gasteiger partial charge in [-0.25, -0.2) is 12.7 Å². The van der Waals surface area contributed by atoms with E-state index in [-0.39, 0.29) is 27.2 Å². The smallest absolute Gasteiger partial charge is 0.239 e. The van der Waals surface area contributed by atoms with Crippen molar-refractivity contribution in [2.24, 2.45) is 0 Å². The van der Waals surface area contributed by atoms with Crippen LogP contribution in [0.25, 0.3) is 21.7 Å². The Bertz CT molecular complexity index is 1520. The molecule has 34 heavy (non-hydrogen) atoms. The summed E-state index contributed by atoms with van der Waals surface area (Å²) in [7, 11) is -2.30. The first-order valence-corrected chi connectivity index (χ1v) is 13.1. The number of anilines is 2. The van der Waals surface area contributed by atoms with Crippen LogP contribution in [-0.2, 0) is 15.4 Å². The fourth-order valence-electron chi connectivity index (χ4n) is 4.07. The molecular weight excluding hydrogens is 495 g/mol. The van der Waals surface area contributed by atoms with Crippen molar-refractivity contribution in [1.82, 2.24) is 4.98 Å². The summed E-state index contributed by atoms with van der Waals surface area (Å²) >= 11 is 12.7. The third-order valence-corrected chi connectivity index (χ3v) is 8.06. The normalized spacial score (nSPS) is 12.4. The number of nitrogens with one attached hydrogen (secondary N) is 1. The van der Waals surface area contributed by atoms with Crippen LogP contribution < -0.4 is 9.04 Å². The Kier molecular flexibility index (Phi) is 6.17. The molecule has 0 spiro atoms.